The Labute approximate surface area is 192 Å². The summed E-state index contributed by atoms with van der Waals surface area (Å²) in [4.78, 5) is 16.9. The van der Waals surface area contributed by atoms with Crippen LogP contribution in [0.4, 0.5) is 24.7 Å². The van der Waals surface area contributed by atoms with Gasteiger partial charge in [0.25, 0.3) is 5.91 Å². The van der Waals surface area contributed by atoms with E-state index >= 15 is 0 Å². The van der Waals surface area contributed by atoms with Crippen LogP contribution in [0.25, 0.3) is 0 Å². The number of carbonyl (C=O) groups is 1. The van der Waals surface area contributed by atoms with E-state index in [2.05, 4.69) is 15.3 Å². The van der Waals surface area contributed by atoms with Crippen LogP contribution in [-0.2, 0) is 0 Å². The van der Waals surface area contributed by atoms with Gasteiger partial charge in [0, 0.05) is 38.3 Å². The molecule has 2 aliphatic rings. The van der Waals surface area contributed by atoms with Gasteiger partial charge >= 0.3 is 6.18 Å². The first-order valence-electron chi connectivity index (χ1n) is 10.6. The van der Waals surface area contributed by atoms with Crippen molar-refractivity contribution < 1.29 is 22.4 Å². The highest BCUT2D eigenvalue weighted by Crippen LogP contribution is 2.46. The Hall–Kier alpha value is -3.14. The molecular weight excluding hydrogens is 459 g/mol. The van der Waals surface area contributed by atoms with Gasteiger partial charge in [0.2, 0.25) is 0 Å². The lowest BCUT2D eigenvalue weighted by molar-refractivity contribution is -0.174. The van der Waals surface area contributed by atoms with Gasteiger partial charge in [0.05, 0.1) is 12.3 Å². The summed E-state index contributed by atoms with van der Waals surface area (Å²) >= 11 is 6.42. The molecule has 2 atom stereocenters. The van der Waals surface area contributed by atoms with E-state index in [9.17, 15) is 18.0 Å². The third-order valence-corrected chi connectivity index (χ3v) is 6.43. The van der Waals surface area contributed by atoms with Crippen molar-refractivity contribution in [3.8, 4) is 0 Å². The van der Waals surface area contributed by atoms with Gasteiger partial charge in [-0.2, -0.15) is 18.3 Å². The Morgan fingerprint density at radius 2 is 1.82 bits per heavy atom. The third-order valence-electron chi connectivity index (χ3n) is 6.07. The molecule has 0 spiro atoms. The summed E-state index contributed by atoms with van der Waals surface area (Å²) < 4.78 is 47.7. The van der Waals surface area contributed by atoms with E-state index in [1.54, 1.807) is 17.0 Å². The maximum Gasteiger partial charge on any atom is 0.410 e. The standard InChI is InChI=1S/C22H21ClF3N5O2/c23-18-19(21(32)30-10-8-29(9-11-30)14-5-2-1-3-6-14)28-31-17(22(24,25)26)13-15(27-20(18)31)16-7-4-12-33-16/h1-7,12,15,17,27H,8-11,13H2. The first kappa shape index (κ1) is 21.7. The second-order valence-corrected chi connectivity index (χ2v) is 8.45. The predicted molar refractivity (Wildman–Crippen MR) is 117 cm³/mol. The first-order chi connectivity index (χ1) is 15.8. The van der Waals surface area contributed by atoms with E-state index in [4.69, 9.17) is 16.0 Å². The highest BCUT2D eigenvalue weighted by molar-refractivity contribution is 6.36. The normalized spacial score (nSPS) is 21.0. The maximum absolute atomic E-state index is 13.9. The minimum atomic E-state index is -4.57. The van der Waals surface area contributed by atoms with Crippen LogP contribution in [0.15, 0.2) is 53.1 Å². The summed E-state index contributed by atoms with van der Waals surface area (Å²) in [6.07, 6.45) is -3.50. The third kappa shape index (κ3) is 4.03. The molecule has 5 rings (SSSR count). The molecule has 2 unspecified atom stereocenters. The SMILES string of the molecule is O=C(c1nn2c(c1Cl)NC(c1ccco1)CC2C(F)(F)F)N1CCN(c2ccccc2)CC1. The van der Waals surface area contributed by atoms with Gasteiger partial charge < -0.3 is 19.5 Å². The molecule has 1 saturated heterocycles. The average molecular weight is 480 g/mol. The number of hydrogen-bond acceptors (Lipinski definition) is 5. The van der Waals surface area contributed by atoms with Crippen LogP contribution in [-0.4, -0.2) is 52.9 Å². The van der Waals surface area contributed by atoms with Crippen LogP contribution < -0.4 is 10.2 Å². The van der Waals surface area contributed by atoms with Crippen LogP contribution in [0.2, 0.25) is 5.02 Å². The van der Waals surface area contributed by atoms with Crippen molar-refractivity contribution in [2.45, 2.75) is 24.7 Å². The monoisotopic (exact) mass is 479 g/mol. The van der Waals surface area contributed by atoms with Gasteiger partial charge in [-0.3, -0.25) is 4.79 Å². The van der Waals surface area contributed by atoms with Gasteiger partial charge in [-0.1, -0.05) is 29.8 Å². The van der Waals surface area contributed by atoms with Crippen LogP contribution >= 0.6 is 11.6 Å². The Bertz CT molecular complexity index is 1130. The average Bonchev–Trinajstić information content (AvgIpc) is 3.47. The molecule has 1 fully saturated rings. The number of rotatable bonds is 3. The number of halogens is 4. The van der Waals surface area contributed by atoms with Gasteiger partial charge in [0.1, 0.15) is 16.6 Å². The maximum atomic E-state index is 13.9. The largest absolute Gasteiger partial charge is 0.467 e. The molecule has 174 valence electrons. The molecule has 0 aliphatic carbocycles. The Balaban J connectivity index is 1.39. The predicted octanol–water partition coefficient (Wildman–Crippen LogP) is 4.75. The fraction of sp³-hybridized carbons (Fsp3) is 0.364. The van der Waals surface area contributed by atoms with Gasteiger partial charge in [-0.05, 0) is 24.3 Å². The quantitative estimate of drug-likeness (QED) is 0.587. The minimum Gasteiger partial charge on any atom is -0.467 e. The summed E-state index contributed by atoms with van der Waals surface area (Å²) in [5.41, 5.74) is 0.878. The molecule has 0 radical (unpaired) electrons. The number of anilines is 2. The minimum absolute atomic E-state index is 0.0297. The van der Waals surface area contributed by atoms with Crippen LogP contribution in [0.1, 0.15) is 34.8 Å². The van der Waals surface area contributed by atoms with Crippen molar-refractivity contribution in [1.29, 1.82) is 0 Å². The molecule has 7 nitrogen and oxygen atoms in total. The molecule has 1 amide bonds. The Kier molecular flexibility index (Phi) is 5.48. The summed E-state index contributed by atoms with van der Waals surface area (Å²) in [6.45, 7) is 2.03. The van der Waals surface area contributed by atoms with Crippen molar-refractivity contribution in [2.75, 3.05) is 36.4 Å². The molecule has 4 heterocycles. The van der Waals surface area contributed by atoms with E-state index < -0.39 is 24.2 Å². The molecule has 1 aromatic carbocycles. The van der Waals surface area contributed by atoms with E-state index in [1.165, 1.54) is 6.26 Å². The zero-order valence-electron chi connectivity index (χ0n) is 17.4. The summed E-state index contributed by atoms with van der Waals surface area (Å²) in [6, 6.07) is 10.4. The smallest absolute Gasteiger partial charge is 0.410 e. The number of benzene rings is 1. The zero-order valence-corrected chi connectivity index (χ0v) is 18.2. The number of alkyl halides is 3. The number of nitrogens with one attached hydrogen (secondary N) is 1. The molecule has 2 aliphatic heterocycles. The lowest BCUT2D eigenvalue weighted by Crippen LogP contribution is -2.49. The lowest BCUT2D eigenvalue weighted by Gasteiger charge is -2.35. The van der Waals surface area contributed by atoms with Gasteiger partial charge in [-0.25, -0.2) is 4.68 Å². The van der Waals surface area contributed by atoms with Crippen molar-refractivity contribution in [3.05, 3.63) is 65.2 Å². The molecular formula is C22H21ClF3N5O2. The van der Waals surface area contributed by atoms with Crippen molar-refractivity contribution in [3.63, 3.8) is 0 Å². The number of carbonyl (C=O) groups excluding carboxylic acids is 1. The second-order valence-electron chi connectivity index (χ2n) is 8.08. The number of aromatic nitrogens is 2. The van der Waals surface area contributed by atoms with E-state index in [0.29, 0.717) is 31.9 Å². The highest BCUT2D eigenvalue weighted by atomic mass is 35.5. The van der Waals surface area contributed by atoms with E-state index in [1.807, 2.05) is 30.3 Å². The highest BCUT2D eigenvalue weighted by Gasteiger charge is 2.48. The van der Waals surface area contributed by atoms with Gasteiger partial charge in [0.15, 0.2) is 11.7 Å². The van der Waals surface area contributed by atoms with Crippen LogP contribution in [0.3, 0.4) is 0 Å². The molecule has 2 aromatic heterocycles. The first-order valence-corrected chi connectivity index (χ1v) is 10.9. The number of fused-ring (bicyclic) bond motifs is 1. The molecule has 3 aromatic rings. The fourth-order valence-corrected chi connectivity index (χ4v) is 4.62. The van der Waals surface area contributed by atoms with Crippen LogP contribution in [0.5, 0.6) is 0 Å². The van der Waals surface area contributed by atoms with E-state index in [0.717, 1.165) is 10.4 Å². The summed E-state index contributed by atoms with van der Waals surface area (Å²) in [5, 5.41) is 6.89. The topological polar surface area (TPSA) is 66.5 Å². The molecule has 1 N–H and O–H groups in total. The fourth-order valence-electron chi connectivity index (χ4n) is 4.36. The summed E-state index contributed by atoms with van der Waals surface area (Å²) in [5.74, 6) is -0.150. The van der Waals surface area contributed by atoms with Gasteiger partial charge in [-0.15, -0.1) is 0 Å². The Morgan fingerprint density at radius 1 is 1.09 bits per heavy atom. The number of amides is 1. The number of piperazine rings is 1. The van der Waals surface area contributed by atoms with E-state index in [-0.39, 0.29) is 23.0 Å². The molecule has 0 saturated carbocycles. The van der Waals surface area contributed by atoms with Crippen molar-refractivity contribution in [2.24, 2.45) is 0 Å². The number of furan rings is 1. The Morgan fingerprint density at radius 3 is 2.45 bits per heavy atom. The molecule has 33 heavy (non-hydrogen) atoms. The summed E-state index contributed by atoms with van der Waals surface area (Å²) in [7, 11) is 0. The zero-order chi connectivity index (χ0) is 23.2. The molecule has 11 heteroatoms. The van der Waals surface area contributed by atoms with Crippen molar-refractivity contribution in [1.82, 2.24) is 14.7 Å². The second kappa shape index (κ2) is 8.33. The number of hydrogen-bond donors (Lipinski definition) is 1. The van der Waals surface area contributed by atoms with Crippen molar-refractivity contribution >= 4 is 29.0 Å². The van der Waals surface area contributed by atoms with Crippen LogP contribution in [0, 0.1) is 0 Å². The molecule has 0 bridgehead atoms. The number of para-hydroxylation sites is 1. The lowest BCUT2D eigenvalue weighted by atomic mass is 10.0. The number of nitrogens with zero attached hydrogens (tertiary/aromatic N) is 4.